The van der Waals surface area contributed by atoms with Crippen molar-refractivity contribution in [3.8, 4) is 0 Å². The smallest absolute Gasteiger partial charge is 0.315 e. The molecule has 4 rings (SSSR count). The molecule has 0 radical (unpaired) electrons. The van der Waals surface area contributed by atoms with E-state index in [2.05, 4.69) is 26.6 Å². The minimum absolute atomic E-state index is 0.0406. The molecule has 26 heavy (non-hydrogen) atoms. The third-order valence-corrected chi connectivity index (χ3v) is 5.30. The molecular formula is C20H26N4O2. The first kappa shape index (κ1) is 16.9. The lowest BCUT2D eigenvalue weighted by atomic mass is 9.93. The van der Waals surface area contributed by atoms with Crippen LogP contribution >= 0.6 is 0 Å². The van der Waals surface area contributed by atoms with Crippen molar-refractivity contribution in [2.75, 3.05) is 18.0 Å². The molecule has 3 heterocycles. The number of hydrogen-bond acceptors (Lipinski definition) is 4. The van der Waals surface area contributed by atoms with Gasteiger partial charge in [0.2, 0.25) is 0 Å². The van der Waals surface area contributed by atoms with E-state index >= 15 is 0 Å². The van der Waals surface area contributed by atoms with Crippen LogP contribution in [0.4, 0.5) is 10.6 Å². The van der Waals surface area contributed by atoms with Crippen molar-refractivity contribution < 1.29 is 9.21 Å². The van der Waals surface area contributed by atoms with Gasteiger partial charge < -0.3 is 20.0 Å². The van der Waals surface area contributed by atoms with E-state index in [1.165, 1.54) is 19.3 Å². The topological polar surface area (TPSA) is 70.4 Å². The lowest BCUT2D eigenvalue weighted by molar-refractivity contribution is 0.234. The summed E-state index contributed by atoms with van der Waals surface area (Å²) in [6.07, 6.45) is 10.2. The van der Waals surface area contributed by atoms with Crippen molar-refractivity contribution in [1.82, 2.24) is 15.6 Å². The lowest BCUT2D eigenvalue weighted by Gasteiger charge is -2.28. The van der Waals surface area contributed by atoms with Crippen LogP contribution in [0.5, 0.6) is 0 Å². The van der Waals surface area contributed by atoms with Gasteiger partial charge in [-0.1, -0.05) is 0 Å². The highest BCUT2D eigenvalue weighted by Gasteiger charge is 2.23. The molecule has 138 valence electrons. The highest BCUT2D eigenvalue weighted by Crippen LogP contribution is 2.30. The second-order valence-corrected chi connectivity index (χ2v) is 7.14. The minimum Gasteiger partial charge on any atom is -0.469 e. The third-order valence-electron chi connectivity index (χ3n) is 5.30. The molecule has 2 aliphatic rings. The van der Waals surface area contributed by atoms with E-state index in [4.69, 9.17) is 4.42 Å². The molecule has 1 aliphatic carbocycles. The quantitative estimate of drug-likeness (QED) is 0.881. The molecular weight excluding hydrogens is 328 g/mol. The number of carbonyl (C=O) groups excluding carboxylic acids is 1. The largest absolute Gasteiger partial charge is 0.469 e. The summed E-state index contributed by atoms with van der Waals surface area (Å²) in [4.78, 5) is 19.1. The third kappa shape index (κ3) is 3.84. The maximum atomic E-state index is 12.3. The Kier molecular flexibility index (Phi) is 5.09. The van der Waals surface area contributed by atoms with E-state index in [1.807, 2.05) is 18.3 Å². The Morgan fingerprint density at radius 2 is 2.12 bits per heavy atom. The SMILES string of the molecule is O=C(NCc1ccnc(N2CCCCC2)c1)NC1CCCc2occc21. The Balaban J connectivity index is 1.32. The van der Waals surface area contributed by atoms with Crippen molar-refractivity contribution in [1.29, 1.82) is 0 Å². The normalized spacial score (nSPS) is 19.7. The summed E-state index contributed by atoms with van der Waals surface area (Å²) in [5.41, 5.74) is 2.19. The van der Waals surface area contributed by atoms with Gasteiger partial charge in [-0.05, 0) is 55.9 Å². The molecule has 0 spiro atoms. The molecule has 1 fully saturated rings. The van der Waals surface area contributed by atoms with Gasteiger partial charge in [-0.2, -0.15) is 0 Å². The Labute approximate surface area is 154 Å². The van der Waals surface area contributed by atoms with Gasteiger partial charge in [0.25, 0.3) is 0 Å². The molecule has 0 saturated carbocycles. The second-order valence-electron chi connectivity index (χ2n) is 7.14. The lowest BCUT2D eigenvalue weighted by Crippen LogP contribution is -2.38. The molecule has 1 aliphatic heterocycles. The number of hydrogen-bond donors (Lipinski definition) is 2. The van der Waals surface area contributed by atoms with Crippen LogP contribution in [-0.4, -0.2) is 24.1 Å². The number of anilines is 1. The number of nitrogens with one attached hydrogen (secondary N) is 2. The van der Waals surface area contributed by atoms with Crippen molar-refractivity contribution in [2.45, 2.75) is 51.1 Å². The number of amides is 2. The summed E-state index contributed by atoms with van der Waals surface area (Å²) in [6.45, 7) is 2.64. The van der Waals surface area contributed by atoms with Gasteiger partial charge in [-0.15, -0.1) is 0 Å². The fourth-order valence-electron chi connectivity index (χ4n) is 3.89. The zero-order valence-electron chi connectivity index (χ0n) is 15.0. The molecule has 2 aromatic rings. The molecule has 2 amide bonds. The molecule has 1 saturated heterocycles. The fourth-order valence-corrected chi connectivity index (χ4v) is 3.89. The van der Waals surface area contributed by atoms with E-state index < -0.39 is 0 Å². The number of aromatic nitrogens is 1. The van der Waals surface area contributed by atoms with Crippen LogP contribution in [0.15, 0.2) is 35.1 Å². The van der Waals surface area contributed by atoms with E-state index in [-0.39, 0.29) is 12.1 Å². The van der Waals surface area contributed by atoms with Crippen LogP contribution in [-0.2, 0) is 13.0 Å². The van der Waals surface area contributed by atoms with E-state index in [9.17, 15) is 4.79 Å². The van der Waals surface area contributed by atoms with Crippen LogP contribution in [0, 0.1) is 0 Å². The average molecular weight is 354 g/mol. The first-order valence-electron chi connectivity index (χ1n) is 9.60. The van der Waals surface area contributed by atoms with Crippen molar-refractivity contribution in [2.24, 2.45) is 0 Å². The summed E-state index contributed by atoms with van der Waals surface area (Å²) in [7, 11) is 0. The maximum absolute atomic E-state index is 12.3. The molecule has 0 aromatic carbocycles. The zero-order valence-corrected chi connectivity index (χ0v) is 15.0. The van der Waals surface area contributed by atoms with Crippen molar-refractivity contribution in [3.63, 3.8) is 0 Å². The number of rotatable bonds is 4. The molecule has 2 N–H and O–H groups in total. The Morgan fingerprint density at radius 1 is 1.23 bits per heavy atom. The number of piperidine rings is 1. The minimum atomic E-state index is -0.139. The molecule has 1 atom stereocenters. The van der Waals surface area contributed by atoms with Gasteiger partial charge in [0.1, 0.15) is 11.6 Å². The van der Waals surface area contributed by atoms with Crippen LogP contribution in [0.2, 0.25) is 0 Å². The van der Waals surface area contributed by atoms with Gasteiger partial charge >= 0.3 is 6.03 Å². The number of carbonyl (C=O) groups is 1. The van der Waals surface area contributed by atoms with Gasteiger partial charge in [0.05, 0.1) is 12.3 Å². The maximum Gasteiger partial charge on any atom is 0.315 e. The van der Waals surface area contributed by atoms with Gasteiger partial charge in [-0.3, -0.25) is 0 Å². The van der Waals surface area contributed by atoms with E-state index in [1.54, 1.807) is 6.26 Å². The Hall–Kier alpha value is -2.50. The zero-order chi connectivity index (χ0) is 17.8. The molecule has 6 heteroatoms. The van der Waals surface area contributed by atoms with E-state index in [0.29, 0.717) is 6.54 Å². The predicted octanol–water partition coefficient (Wildman–Crippen LogP) is 3.54. The van der Waals surface area contributed by atoms with Crippen molar-refractivity contribution >= 4 is 11.8 Å². The van der Waals surface area contributed by atoms with E-state index in [0.717, 1.165) is 55.1 Å². The number of fused-ring (bicyclic) bond motifs is 1. The highest BCUT2D eigenvalue weighted by molar-refractivity contribution is 5.74. The summed E-state index contributed by atoms with van der Waals surface area (Å²) in [5.74, 6) is 2.02. The first-order valence-corrected chi connectivity index (χ1v) is 9.60. The van der Waals surface area contributed by atoms with Gasteiger partial charge in [0, 0.05) is 37.8 Å². The van der Waals surface area contributed by atoms with Crippen molar-refractivity contribution in [3.05, 3.63) is 47.5 Å². The standard InChI is InChI=1S/C20H26N4O2/c25-20(23-17-5-4-6-18-16(17)8-12-26-18)22-14-15-7-9-21-19(13-15)24-10-2-1-3-11-24/h7-9,12-13,17H,1-6,10-11,14H2,(H2,22,23,25). The molecule has 1 unspecified atom stereocenters. The Bertz CT molecular complexity index is 752. The van der Waals surface area contributed by atoms with Crippen LogP contribution in [0.25, 0.3) is 0 Å². The second kappa shape index (κ2) is 7.81. The number of furan rings is 1. The average Bonchev–Trinajstić information content (AvgIpc) is 3.17. The monoisotopic (exact) mass is 354 g/mol. The first-order chi connectivity index (χ1) is 12.8. The predicted molar refractivity (Wildman–Crippen MR) is 100 cm³/mol. The molecule has 2 aromatic heterocycles. The molecule has 6 nitrogen and oxygen atoms in total. The number of pyridine rings is 1. The van der Waals surface area contributed by atoms with Crippen LogP contribution in [0.3, 0.4) is 0 Å². The van der Waals surface area contributed by atoms with Crippen LogP contribution < -0.4 is 15.5 Å². The number of aryl methyl sites for hydroxylation is 1. The van der Waals surface area contributed by atoms with Gasteiger partial charge in [0.15, 0.2) is 0 Å². The summed E-state index contributed by atoms with van der Waals surface area (Å²) in [5, 5.41) is 6.05. The van der Waals surface area contributed by atoms with Gasteiger partial charge in [-0.25, -0.2) is 9.78 Å². The highest BCUT2D eigenvalue weighted by atomic mass is 16.3. The summed E-state index contributed by atoms with van der Waals surface area (Å²) < 4.78 is 5.48. The number of urea groups is 1. The number of nitrogens with zero attached hydrogens (tertiary/aromatic N) is 2. The fraction of sp³-hybridized carbons (Fsp3) is 0.500. The van der Waals surface area contributed by atoms with Crippen LogP contribution in [0.1, 0.15) is 55.0 Å². The summed E-state index contributed by atoms with van der Waals surface area (Å²) in [6, 6.07) is 5.91. The Morgan fingerprint density at radius 3 is 3.00 bits per heavy atom. The summed E-state index contributed by atoms with van der Waals surface area (Å²) >= 11 is 0. The molecule has 0 bridgehead atoms.